The number of ether oxygens (including phenoxy) is 5. The van der Waals surface area contributed by atoms with E-state index in [0.717, 1.165) is 22.3 Å². The highest BCUT2D eigenvalue weighted by Crippen LogP contribution is 2.38. The number of carbonyl (C=O) groups is 4. The average molecular weight is 973 g/mol. The average Bonchev–Trinajstić information content (AvgIpc) is 4.20. The summed E-state index contributed by atoms with van der Waals surface area (Å²) in [7, 11) is 1.37. The Morgan fingerprint density at radius 2 is 1.14 bits per heavy atom. The lowest BCUT2D eigenvalue weighted by Crippen LogP contribution is -2.35. The van der Waals surface area contributed by atoms with Crippen molar-refractivity contribution < 1.29 is 57.0 Å². The number of hydrogen-bond acceptors (Lipinski definition) is 15. The molecule has 4 aromatic carbocycles. The van der Waals surface area contributed by atoms with E-state index in [-0.39, 0.29) is 61.6 Å². The van der Waals surface area contributed by atoms with Gasteiger partial charge in [-0.05, 0) is 73.9 Å². The number of benzene rings is 4. The molecule has 0 unspecified atom stereocenters. The van der Waals surface area contributed by atoms with E-state index in [1.165, 1.54) is 7.11 Å². The van der Waals surface area contributed by atoms with E-state index in [0.29, 0.717) is 67.7 Å². The maximum Gasteiger partial charge on any atom is 0.410 e. The fraction of sp³-hybridized carbons (Fsp3) is 0.396. The summed E-state index contributed by atoms with van der Waals surface area (Å²) in [5.41, 5.74) is 2.98. The number of amides is 2. The second-order valence-electron chi connectivity index (χ2n) is 18.9. The summed E-state index contributed by atoms with van der Waals surface area (Å²) in [6.45, 7) is 11.5. The summed E-state index contributed by atoms with van der Waals surface area (Å²) in [6.07, 6.45) is -0.628. The first-order valence-electron chi connectivity index (χ1n) is 23.5. The van der Waals surface area contributed by atoms with Gasteiger partial charge in [-0.3, -0.25) is 9.59 Å². The Morgan fingerprint density at radius 3 is 1.59 bits per heavy atom. The van der Waals surface area contributed by atoms with E-state index < -0.39 is 23.8 Å². The van der Waals surface area contributed by atoms with Crippen molar-refractivity contribution in [3.63, 3.8) is 0 Å². The standard InChI is InChI=1S/C27H31N3O6.C26H29N3O6/c1-27(2,3)35-26(32)30-15-20(14-24(31)33-4)22(16-30)19-11-8-12-21(13-19)34-17-23-28-25(29-36-23)18-9-6-5-7-10-18;1-17(2)15-34-26(32)29-13-20(12-24(30)31)22(14-29)19-9-6-10-21(11-19)33-16-23-27-25(28-35-23)18-7-4-3-5-8-18/h5-13,20,22H,14-17H2,1-4H3;3-11,17,20,22H,12-16H2,1-2H3,(H,30,31)/t2*20-,22-/m00/s1. The Bertz CT molecular complexity index is 2700. The molecule has 8 rings (SSSR count). The van der Waals surface area contributed by atoms with E-state index in [9.17, 15) is 24.3 Å². The van der Waals surface area contributed by atoms with Crippen LogP contribution in [-0.4, -0.2) is 105 Å². The molecule has 2 aromatic heterocycles. The minimum absolute atomic E-state index is 0.0338. The van der Waals surface area contributed by atoms with Crippen molar-refractivity contribution in [1.82, 2.24) is 30.1 Å². The van der Waals surface area contributed by atoms with Gasteiger partial charge in [-0.2, -0.15) is 9.97 Å². The summed E-state index contributed by atoms with van der Waals surface area (Å²) in [6, 6.07) is 34.2. The zero-order chi connectivity index (χ0) is 50.5. The highest BCUT2D eigenvalue weighted by Gasteiger charge is 2.40. The molecule has 1 N–H and O–H groups in total. The number of hydrogen-bond donors (Lipinski definition) is 1. The Kier molecular flexibility index (Phi) is 17.1. The third-order valence-corrected chi connectivity index (χ3v) is 11.7. The third kappa shape index (κ3) is 14.6. The molecule has 2 fully saturated rings. The number of carboxylic acids is 1. The van der Waals surface area contributed by atoms with Crippen LogP contribution in [0.1, 0.15) is 82.2 Å². The van der Waals surface area contributed by atoms with Crippen molar-refractivity contribution >= 4 is 24.1 Å². The van der Waals surface area contributed by atoms with Gasteiger partial charge in [-0.15, -0.1) is 0 Å². The highest BCUT2D eigenvalue weighted by molar-refractivity contribution is 5.72. The van der Waals surface area contributed by atoms with Gasteiger partial charge in [0.2, 0.25) is 11.6 Å². The van der Waals surface area contributed by atoms with Crippen molar-refractivity contribution in [2.75, 3.05) is 39.9 Å². The molecule has 2 aliphatic rings. The number of aromatic nitrogens is 4. The zero-order valence-corrected chi connectivity index (χ0v) is 40.8. The number of methoxy groups -OCH3 is 1. The number of rotatable bonds is 16. The summed E-state index contributed by atoms with van der Waals surface area (Å²) >= 11 is 0. The molecular formula is C53H60N6O12. The van der Waals surface area contributed by atoms with Crippen LogP contribution >= 0.6 is 0 Å². The third-order valence-electron chi connectivity index (χ3n) is 11.7. The van der Waals surface area contributed by atoms with Crippen molar-refractivity contribution in [1.29, 1.82) is 0 Å². The zero-order valence-electron chi connectivity index (χ0n) is 40.8. The van der Waals surface area contributed by atoms with Crippen LogP contribution in [-0.2, 0) is 37.0 Å². The SMILES string of the molecule is CC(C)COC(=O)N1C[C@H](CC(=O)O)[C@H](c2cccc(OCc3nc(-c4ccccc4)no3)c2)C1.COC(=O)C[C@H]1CN(C(=O)OC(C)(C)C)C[C@H]1c1cccc(OCc2nc(-c3ccccc3)no2)c1. The molecule has 0 bridgehead atoms. The van der Waals surface area contributed by atoms with Gasteiger partial charge in [-0.25, -0.2) is 9.59 Å². The summed E-state index contributed by atoms with van der Waals surface area (Å²) in [4.78, 5) is 60.8. The van der Waals surface area contributed by atoms with E-state index in [2.05, 4.69) is 20.3 Å². The second kappa shape index (κ2) is 23.7. The van der Waals surface area contributed by atoms with Crippen LogP contribution in [0, 0.1) is 17.8 Å². The molecule has 0 aliphatic carbocycles. The van der Waals surface area contributed by atoms with Gasteiger partial charge in [0.05, 0.1) is 26.6 Å². The van der Waals surface area contributed by atoms with Crippen molar-refractivity contribution in [2.24, 2.45) is 17.8 Å². The number of likely N-dealkylation sites (tertiary alicyclic amines) is 2. The van der Waals surface area contributed by atoms with Crippen LogP contribution in [0.3, 0.4) is 0 Å². The lowest BCUT2D eigenvalue weighted by molar-refractivity contribution is -0.142. The molecule has 71 heavy (non-hydrogen) atoms. The molecule has 2 aliphatic heterocycles. The van der Waals surface area contributed by atoms with Gasteiger partial charge in [0.15, 0.2) is 13.2 Å². The molecule has 2 saturated heterocycles. The Balaban J connectivity index is 0.000000209. The molecule has 0 spiro atoms. The van der Waals surface area contributed by atoms with E-state index in [4.69, 9.17) is 32.7 Å². The summed E-state index contributed by atoms with van der Waals surface area (Å²) in [5.74, 6) is 1.39. The van der Waals surface area contributed by atoms with Gasteiger partial charge < -0.3 is 47.6 Å². The van der Waals surface area contributed by atoms with E-state index >= 15 is 0 Å². The molecular weight excluding hydrogens is 913 g/mol. The van der Waals surface area contributed by atoms with Gasteiger partial charge in [-0.1, -0.05) is 109 Å². The Morgan fingerprint density at radius 1 is 0.662 bits per heavy atom. The molecule has 0 radical (unpaired) electrons. The minimum Gasteiger partial charge on any atom is -0.484 e. The predicted molar refractivity (Wildman–Crippen MR) is 258 cm³/mol. The molecule has 18 heteroatoms. The minimum atomic E-state index is -0.893. The first kappa shape index (κ1) is 51.1. The van der Waals surface area contributed by atoms with Gasteiger partial charge in [0.25, 0.3) is 11.8 Å². The smallest absolute Gasteiger partial charge is 0.410 e. The topological polar surface area (TPSA) is 219 Å². The molecule has 0 saturated carbocycles. The van der Waals surface area contributed by atoms with Crippen molar-refractivity contribution in [3.05, 3.63) is 132 Å². The predicted octanol–water partition coefficient (Wildman–Crippen LogP) is 9.43. The molecule has 18 nitrogen and oxygen atoms in total. The maximum atomic E-state index is 12.7. The van der Waals surface area contributed by atoms with Crippen LogP contribution in [0.4, 0.5) is 9.59 Å². The van der Waals surface area contributed by atoms with Gasteiger partial charge in [0, 0.05) is 49.1 Å². The van der Waals surface area contributed by atoms with Crippen LogP contribution in [0.2, 0.25) is 0 Å². The lowest BCUT2D eigenvalue weighted by Gasteiger charge is -2.24. The first-order chi connectivity index (χ1) is 34.1. The van der Waals surface area contributed by atoms with Crippen LogP contribution in [0.15, 0.2) is 118 Å². The number of carbonyl (C=O) groups excluding carboxylic acids is 3. The number of esters is 1. The van der Waals surface area contributed by atoms with Crippen LogP contribution in [0.5, 0.6) is 11.5 Å². The number of nitrogens with zero attached hydrogens (tertiary/aromatic N) is 6. The molecule has 2 amide bonds. The molecule has 6 aromatic rings. The molecule has 4 heterocycles. The number of aliphatic carboxylic acids is 1. The largest absolute Gasteiger partial charge is 0.484 e. The van der Waals surface area contributed by atoms with Crippen LogP contribution < -0.4 is 9.47 Å². The highest BCUT2D eigenvalue weighted by atomic mass is 16.6. The molecule has 4 atom stereocenters. The summed E-state index contributed by atoms with van der Waals surface area (Å²) < 4.78 is 38.2. The van der Waals surface area contributed by atoms with Gasteiger partial charge in [0.1, 0.15) is 17.1 Å². The monoisotopic (exact) mass is 972 g/mol. The normalized spacial score (nSPS) is 17.6. The Hall–Kier alpha value is -7.76. The fourth-order valence-corrected chi connectivity index (χ4v) is 8.38. The summed E-state index contributed by atoms with van der Waals surface area (Å²) in [5, 5.41) is 17.4. The molecule has 374 valence electrons. The van der Waals surface area contributed by atoms with Crippen LogP contribution in [0.25, 0.3) is 22.8 Å². The fourth-order valence-electron chi connectivity index (χ4n) is 8.38. The van der Waals surface area contributed by atoms with E-state index in [1.54, 1.807) is 9.80 Å². The second-order valence-corrected chi connectivity index (χ2v) is 18.9. The number of carboxylic acid groups (broad SMARTS) is 1. The van der Waals surface area contributed by atoms with E-state index in [1.807, 2.05) is 144 Å². The first-order valence-corrected chi connectivity index (χ1v) is 23.5. The van der Waals surface area contributed by atoms with Crippen molar-refractivity contribution in [3.8, 4) is 34.3 Å². The quantitative estimate of drug-likeness (QED) is 0.0705. The van der Waals surface area contributed by atoms with Crippen molar-refractivity contribution in [2.45, 2.75) is 78.1 Å². The maximum absolute atomic E-state index is 12.7. The van der Waals surface area contributed by atoms with Gasteiger partial charge >= 0.3 is 24.1 Å². The Labute approximate surface area is 412 Å². The lowest BCUT2D eigenvalue weighted by atomic mass is 9.87.